The molecule has 2 N–H and O–H groups in total. The minimum atomic E-state index is -0.506. The Kier molecular flexibility index (Phi) is 3.29. The van der Waals surface area contributed by atoms with Crippen molar-refractivity contribution in [3.8, 4) is 0 Å². The molecule has 3 aromatic rings. The van der Waals surface area contributed by atoms with Crippen LogP contribution in [0.15, 0.2) is 29.2 Å². The van der Waals surface area contributed by atoms with E-state index in [0.29, 0.717) is 21.9 Å². The Balaban J connectivity index is 2.42. The highest BCUT2D eigenvalue weighted by Crippen LogP contribution is 2.26. The van der Waals surface area contributed by atoms with Gasteiger partial charge in [0.05, 0.1) is 12.2 Å². The number of aromatic amines is 2. The van der Waals surface area contributed by atoms with E-state index in [0.717, 1.165) is 0 Å². The molecule has 0 unspecified atom stereocenters. The van der Waals surface area contributed by atoms with Gasteiger partial charge in [0.1, 0.15) is 5.52 Å². The van der Waals surface area contributed by atoms with Crippen molar-refractivity contribution in [2.24, 2.45) is 0 Å². The monoisotopic (exact) mass is 298 g/mol. The smallest absolute Gasteiger partial charge is 0.340 e. The molecule has 0 spiro atoms. The van der Waals surface area contributed by atoms with Crippen molar-refractivity contribution in [2.45, 2.75) is 13.8 Å². The molecule has 3 rings (SSSR count). The Labute approximate surface area is 125 Å². The number of pyridine rings is 1. The molecule has 0 saturated carbocycles. The summed E-state index contributed by atoms with van der Waals surface area (Å²) in [7, 11) is 0. The van der Waals surface area contributed by atoms with Gasteiger partial charge in [-0.25, -0.2) is 4.79 Å². The molecule has 0 saturated heterocycles. The summed E-state index contributed by atoms with van der Waals surface area (Å²) in [5.74, 6) is -0.594. The Hall–Kier alpha value is -2.89. The van der Waals surface area contributed by atoms with E-state index in [-0.39, 0.29) is 29.0 Å². The van der Waals surface area contributed by atoms with Gasteiger partial charge in [-0.05, 0) is 32.0 Å². The lowest BCUT2D eigenvalue weighted by atomic mass is 10.0. The third-order valence-electron chi connectivity index (χ3n) is 3.55. The number of ether oxygens (including phenoxy) is 1. The number of carbonyl (C=O) groups excluding carboxylic acids is 2. The molecule has 1 aromatic carbocycles. The number of carbonyl (C=O) groups is 2. The maximum absolute atomic E-state index is 12.1. The van der Waals surface area contributed by atoms with Crippen LogP contribution in [-0.4, -0.2) is 28.3 Å². The topological polar surface area (TPSA) is 92.0 Å². The second-order valence-electron chi connectivity index (χ2n) is 4.94. The van der Waals surface area contributed by atoms with Crippen LogP contribution in [-0.2, 0) is 4.74 Å². The first-order chi connectivity index (χ1) is 10.5. The lowest BCUT2D eigenvalue weighted by molar-refractivity contribution is 0.0528. The molecule has 0 atom stereocenters. The number of aromatic nitrogens is 2. The van der Waals surface area contributed by atoms with Crippen LogP contribution in [0.2, 0.25) is 0 Å². The SMILES string of the molecule is CCOC(=O)c1c[nH]c2c(=O)[nH]c3ccc(C(C)=O)cc3c12. The predicted molar refractivity (Wildman–Crippen MR) is 82.4 cm³/mol. The van der Waals surface area contributed by atoms with Gasteiger partial charge in [-0.15, -0.1) is 0 Å². The van der Waals surface area contributed by atoms with Crippen LogP contribution in [0.25, 0.3) is 21.8 Å². The van der Waals surface area contributed by atoms with Gasteiger partial charge in [0.15, 0.2) is 5.78 Å². The van der Waals surface area contributed by atoms with Crippen molar-refractivity contribution < 1.29 is 14.3 Å². The van der Waals surface area contributed by atoms with Gasteiger partial charge in [-0.1, -0.05) is 0 Å². The largest absolute Gasteiger partial charge is 0.462 e. The summed E-state index contributed by atoms with van der Waals surface area (Å²) < 4.78 is 5.02. The average molecular weight is 298 g/mol. The second-order valence-corrected chi connectivity index (χ2v) is 4.94. The normalized spacial score (nSPS) is 11.0. The van der Waals surface area contributed by atoms with Gasteiger partial charge in [-0.3, -0.25) is 9.59 Å². The van der Waals surface area contributed by atoms with E-state index in [2.05, 4.69) is 9.97 Å². The summed E-state index contributed by atoms with van der Waals surface area (Å²) >= 11 is 0. The quantitative estimate of drug-likeness (QED) is 0.573. The fraction of sp³-hybridized carbons (Fsp3) is 0.188. The predicted octanol–water partition coefficient (Wildman–Crippen LogP) is 2.39. The van der Waals surface area contributed by atoms with Crippen molar-refractivity contribution in [3.05, 3.63) is 45.9 Å². The summed E-state index contributed by atoms with van der Waals surface area (Å²) in [5, 5.41) is 1.10. The molecular formula is C16H14N2O4. The number of H-pyrrole nitrogens is 2. The maximum Gasteiger partial charge on any atom is 0.340 e. The Morgan fingerprint density at radius 3 is 2.73 bits per heavy atom. The van der Waals surface area contributed by atoms with Crippen LogP contribution in [0.5, 0.6) is 0 Å². The molecular weight excluding hydrogens is 284 g/mol. The third-order valence-corrected chi connectivity index (χ3v) is 3.55. The van der Waals surface area contributed by atoms with Crippen molar-refractivity contribution in [2.75, 3.05) is 6.61 Å². The van der Waals surface area contributed by atoms with E-state index in [1.165, 1.54) is 13.1 Å². The highest BCUT2D eigenvalue weighted by atomic mass is 16.5. The highest BCUT2D eigenvalue weighted by Gasteiger charge is 2.18. The van der Waals surface area contributed by atoms with Crippen molar-refractivity contribution >= 4 is 33.6 Å². The number of nitrogens with one attached hydrogen (secondary N) is 2. The van der Waals surface area contributed by atoms with E-state index in [4.69, 9.17) is 4.74 Å². The number of hydrogen-bond acceptors (Lipinski definition) is 4. The van der Waals surface area contributed by atoms with Crippen LogP contribution >= 0.6 is 0 Å². The molecule has 6 heteroatoms. The van der Waals surface area contributed by atoms with Gasteiger partial charge in [0, 0.05) is 28.0 Å². The first-order valence-corrected chi connectivity index (χ1v) is 6.88. The molecule has 0 bridgehead atoms. The van der Waals surface area contributed by atoms with Crippen LogP contribution in [0.3, 0.4) is 0 Å². The van der Waals surface area contributed by atoms with Gasteiger partial charge in [0.25, 0.3) is 5.56 Å². The minimum absolute atomic E-state index is 0.0885. The fourth-order valence-electron chi connectivity index (χ4n) is 2.52. The number of benzene rings is 1. The Bertz CT molecular complexity index is 965. The summed E-state index contributed by atoms with van der Waals surface area (Å²) in [6.45, 7) is 3.42. The molecule has 0 radical (unpaired) electrons. The zero-order valence-corrected chi connectivity index (χ0v) is 12.1. The van der Waals surface area contributed by atoms with Crippen molar-refractivity contribution in [1.82, 2.24) is 9.97 Å². The molecule has 0 amide bonds. The molecule has 112 valence electrons. The highest BCUT2D eigenvalue weighted by molar-refractivity contribution is 6.16. The summed E-state index contributed by atoms with van der Waals surface area (Å²) in [4.78, 5) is 41.3. The van der Waals surface area contributed by atoms with Gasteiger partial charge >= 0.3 is 5.97 Å². The zero-order valence-electron chi connectivity index (χ0n) is 12.1. The molecule has 0 aliphatic heterocycles. The molecule has 2 aromatic heterocycles. The van der Waals surface area contributed by atoms with Crippen LogP contribution in [0.4, 0.5) is 0 Å². The second kappa shape index (κ2) is 5.14. The van der Waals surface area contributed by atoms with Gasteiger partial charge < -0.3 is 14.7 Å². The summed E-state index contributed by atoms with van der Waals surface area (Å²) in [5.41, 5.74) is 1.32. The van der Waals surface area contributed by atoms with E-state index in [9.17, 15) is 14.4 Å². The minimum Gasteiger partial charge on any atom is -0.462 e. The van der Waals surface area contributed by atoms with E-state index in [1.807, 2.05) is 0 Å². The number of rotatable bonds is 3. The number of fused-ring (bicyclic) bond motifs is 3. The molecule has 0 aliphatic rings. The first kappa shape index (κ1) is 14.1. The van der Waals surface area contributed by atoms with Crippen LogP contribution in [0.1, 0.15) is 34.6 Å². The van der Waals surface area contributed by atoms with Crippen LogP contribution in [0, 0.1) is 0 Å². The third kappa shape index (κ3) is 2.09. The van der Waals surface area contributed by atoms with Gasteiger partial charge in [-0.2, -0.15) is 0 Å². The Morgan fingerprint density at radius 2 is 2.05 bits per heavy atom. The van der Waals surface area contributed by atoms with E-state index >= 15 is 0 Å². The molecule has 22 heavy (non-hydrogen) atoms. The van der Waals surface area contributed by atoms with Crippen molar-refractivity contribution in [1.29, 1.82) is 0 Å². The average Bonchev–Trinajstić information content (AvgIpc) is 2.93. The number of ketones is 1. The summed E-state index contributed by atoms with van der Waals surface area (Å²) in [6, 6.07) is 4.98. The fourth-order valence-corrected chi connectivity index (χ4v) is 2.52. The lowest BCUT2D eigenvalue weighted by Crippen LogP contribution is -2.08. The number of esters is 1. The molecule has 2 heterocycles. The Morgan fingerprint density at radius 1 is 1.27 bits per heavy atom. The maximum atomic E-state index is 12.1. The summed E-state index contributed by atoms with van der Waals surface area (Å²) in [6.07, 6.45) is 1.46. The molecule has 0 fully saturated rings. The zero-order chi connectivity index (χ0) is 15.9. The lowest BCUT2D eigenvalue weighted by Gasteiger charge is -2.05. The van der Waals surface area contributed by atoms with E-state index < -0.39 is 5.97 Å². The first-order valence-electron chi connectivity index (χ1n) is 6.88. The molecule has 0 aliphatic carbocycles. The number of Topliss-reactive ketones (excluding diaryl/α,β-unsaturated/α-hetero) is 1. The number of hydrogen-bond donors (Lipinski definition) is 2. The van der Waals surface area contributed by atoms with Crippen LogP contribution < -0.4 is 5.56 Å². The van der Waals surface area contributed by atoms with E-state index in [1.54, 1.807) is 25.1 Å². The standard InChI is InChI=1S/C16H14N2O4/c1-3-22-16(21)11-7-17-14-13(11)10-6-9(8(2)19)4-5-12(10)18-15(14)20/h4-7,17H,3H2,1-2H3,(H,18,20). The van der Waals surface area contributed by atoms with Crippen molar-refractivity contribution in [3.63, 3.8) is 0 Å². The van der Waals surface area contributed by atoms with Gasteiger partial charge in [0.2, 0.25) is 0 Å². The molecule has 6 nitrogen and oxygen atoms in total.